The lowest BCUT2D eigenvalue weighted by Crippen LogP contribution is -2.38. The van der Waals surface area contributed by atoms with Gasteiger partial charge in [-0.2, -0.15) is 0 Å². The van der Waals surface area contributed by atoms with E-state index in [1.165, 1.54) is 7.11 Å². The quantitative estimate of drug-likeness (QED) is 0.851. The molecule has 0 aromatic carbocycles. The van der Waals surface area contributed by atoms with Crippen molar-refractivity contribution in [2.45, 2.75) is 19.3 Å². The molecule has 2 unspecified atom stereocenters. The second-order valence-electron chi connectivity index (χ2n) is 6.10. The van der Waals surface area contributed by atoms with Gasteiger partial charge in [-0.1, -0.05) is 0 Å². The van der Waals surface area contributed by atoms with Crippen LogP contribution in [0, 0.1) is 11.3 Å². The summed E-state index contributed by atoms with van der Waals surface area (Å²) in [5.74, 6) is 0.969. The number of ether oxygens (including phenoxy) is 1. The molecule has 2 aromatic rings. The highest BCUT2D eigenvalue weighted by molar-refractivity contribution is 5.87. The van der Waals surface area contributed by atoms with Crippen LogP contribution >= 0.6 is 0 Å². The summed E-state index contributed by atoms with van der Waals surface area (Å²) in [5, 5.41) is 1.05. The molecule has 2 aromatic heterocycles. The van der Waals surface area contributed by atoms with E-state index in [0.717, 1.165) is 49.2 Å². The highest BCUT2D eigenvalue weighted by atomic mass is 16.5. The van der Waals surface area contributed by atoms with Crippen molar-refractivity contribution in [1.29, 1.82) is 0 Å². The number of methoxy groups -OCH3 is 1. The molecule has 4 rings (SSSR count). The Balaban J connectivity index is 1.62. The standard InChI is InChI=1S/C15H18N4O2/c1-21-14(20)11-7-15(11)4-2-6-19(8-15)13-10-3-5-16-12(10)17-9-18-13/h3,5,9,11H,2,4,6-8H2,1H3,(H,16,17,18). The Morgan fingerprint density at radius 3 is 3.29 bits per heavy atom. The van der Waals surface area contributed by atoms with Crippen molar-refractivity contribution < 1.29 is 9.53 Å². The lowest BCUT2D eigenvalue weighted by Gasteiger charge is -2.34. The highest BCUT2D eigenvalue weighted by Gasteiger charge is 2.60. The number of nitrogens with zero attached hydrogens (tertiary/aromatic N) is 3. The fourth-order valence-corrected chi connectivity index (χ4v) is 3.73. The zero-order valence-corrected chi connectivity index (χ0v) is 12.0. The van der Waals surface area contributed by atoms with E-state index >= 15 is 0 Å². The van der Waals surface area contributed by atoms with E-state index in [9.17, 15) is 4.79 Å². The summed E-state index contributed by atoms with van der Waals surface area (Å²) in [6.45, 7) is 1.86. The van der Waals surface area contributed by atoms with Gasteiger partial charge in [0.15, 0.2) is 0 Å². The predicted molar refractivity (Wildman–Crippen MR) is 77.9 cm³/mol. The molecule has 0 bridgehead atoms. The third-order valence-electron chi connectivity index (χ3n) is 4.92. The predicted octanol–water partition coefficient (Wildman–Crippen LogP) is 1.74. The van der Waals surface area contributed by atoms with Crippen LogP contribution in [0.3, 0.4) is 0 Å². The fraction of sp³-hybridized carbons (Fsp3) is 0.533. The van der Waals surface area contributed by atoms with Crippen LogP contribution in [-0.4, -0.2) is 41.1 Å². The topological polar surface area (TPSA) is 71.1 Å². The first-order valence-corrected chi connectivity index (χ1v) is 7.34. The summed E-state index contributed by atoms with van der Waals surface area (Å²) in [4.78, 5) is 25.9. The smallest absolute Gasteiger partial charge is 0.309 e. The Morgan fingerprint density at radius 1 is 1.52 bits per heavy atom. The molecule has 3 heterocycles. The summed E-state index contributed by atoms with van der Waals surface area (Å²) < 4.78 is 4.91. The second kappa shape index (κ2) is 4.44. The number of piperidine rings is 1. The van der Waals surface area contributed by atoms with Crippen LogP contribution in [-0.2, 0) is 9.53 Å². The maximum atomic E-state index is 11.8. The molecule has 1 aliphatic carbocycles. The number of rotatable bonds is 2. The average molecular weight is 286 g/mol. The molecular formula is C15H18N4O2. The minimum Gasteiger partial charge on any atom is -0.469 e. The van der Waals surface area contributed by atoms with Crippen LogP contribution in [0.2, 0.25) is 0 Å². The third kappa shape index (κ3) is 1.89. The number of nitrogens with one attached hydrogen (secondary N) is 1. The van der Waals surface area contributed by atoms with E-state index in [1.807, 2.05) is 12.3 Å². The number of aromatic nitrogens is 3. The number of fused-ring (bicyclic) bond motifs is 1. The number of H-pyrrole nitrogens is 1. The fourth-order valence-electron chi connectivity index (χ4n) is 3.73. The average Bonchev–Trinajstić information content (AvgIpc) is 2.99. The van der Waals surface area contributed by atoms with Crippen LogP contribution in [0.4, 0.5) is 5.82 Å². The Bertz CT molecular complexity index is 698. The summed E-state index contributed by atoms with van der Waals surface area (Å²) in [6.07, 6.45) is 6.61. The van der Waals surface area contributed by atoms with Crippen molar-refractivity contribution in [3.8, 4) is 0 Å². The molecule has 1 saturated heterocycles. The van der Waals surface area contributed by atoms with Gasteiger partial charge in [0, 0.05) is 24.7 Å². The van der Waals surface area contributed by atoms with Crippen molar-refractivity contribution in [3.63, 3.8) is 0 Å². The number of carbonyl (C=O) groups is 1. The van der Waals surface area contributed by atoms with Gasteiger partial charge in [-0.3, -0.25) is 4.79 Å². The summed E-state index contributed by atoms with van der Waals surface area (Å²) >= 11 is 0. The van der Waals surface area contributed by atoms with Crippen molar-refractivity contribution in [2.24, 2.45) is 11.3 Å². The summed E-state index contributed by atoms with van der Waals surface area (Å²) in [6, 6.07) is 2.01. The van der Waals surface area contributed by atoms with Crippen LogP contribution < -0.4 is 4.90 Å². The number of anilines is 1. The van der Waals surface area contributed by atoms with E-state index in [0.29, 0.717) is 0 Å². The van der Waals surface area contributed by atoms with Gasteiger partial charge >= 0.3 is 5.97 Å². The van der Waals surface area contributed by atoms with Gasteiger partial charge in [0.2, 0.25) is 0 Å². The van der Waals surface area contributed by atoms with Gasteiger partial charge < -0.3 is 14.6 Å². The maximum Gasteiger partial charge on any atom is 0.309 e. The van der Waals surface area contributed by atoms with Crippen molar-refractivity contribution in [1.82, 2.24) is 15.0 Å². The van der Waals surface area contributed by atoms with Gasteiger partial charge in [0.25, 0.3) is 0 Å². The number of aromatic amines is 1. The van der Waals surface area contributed by atoms with Gasteiger partial charge in [-0.05, 0) is 25.3 Å². The maximum absolute atomic E-state index is 11.8. The molecule has 1 spiro atoms. The van der Waals surface area contributed by atoms with Crippen molar-refractivity contribution in [3.05, 3.63) is 18.6 Å². The molecule has 2 fully saturated rings. The van der Waals surface area contributed by atoms with Gasteiger partial charge in [-0.25, -0.2) is 9.97 Å². The zero-order valence-electron chi connectivity index (χ0n) is 12.0. The molecule has 1 saturated carbocycles. The van der Waals surface area contributed by atoms with Gasteiger partial charge in [-0.15, -0.1) is 0 Å². The molecule has 110 valence electrons. The highest BCUT2D eigenvalue weighted by Crippen LogP contribution is 2.58. The molecular weight excluding hydrogens is 268 g/mol. The number of carbonyl (C=O) groups excluding carboxylic acids is 1. The monoisotopic (exact) mass is 286 g/mol. The van der Waals surface area contributed by atoms with Crippen LogP contribution in [0.15, 0.2) is 18.6 Å². The first-order chi connectivity index (χ1) is 10.2. The normalized spacial score (nSPS) is 28.0. The Kier molecular flexibility index (Phi) is 2.67. The lowest BCUT2D eigenvalue weighted by molar-refractivity contribution is -0.143. The van der Waals surface area contributed by atoms with E-state index < -0.39 is 0 Å². The SMILES string of the molecule is COC(=O)C1CC12CCCN(c1ncnc3[nH]ccc13)C2. The van der Waals surface area contributed by atoms with Gasteiger partial charge in [0.1, 0.15) is 17.8 Å². The Morgan fingerprint density at radius 2 is 2.43 bits per heavy atom. The van der Waals surface area contributed by atoms with E-state index in [4.69, 9.17) is 4.74 Å². The molecule has 21 heavy (non-hydrogen) atoms. The van der Waals surface area contributed by atoms with E-state index in [2.05, 4.69) is 19.9 Å². The lowest BCUT2D eigenvalue weighted by atomic mass is 9.92. The number of esters is 1. The van der Waals surface area contributed by atoms with E-state index in [-0.39, 0.29) is 17.3 Å². The van der Waals surface area contributed by atoms with Crippen LogP contribution in [0.5, 0.6) is 0 Å². The molecule has 6 nitrogen and oxygen atoms in total. The number of hydrogen-bond donors (Lipinski definition) is 1. The molecule has 2 aliphatic rings. The first kappa shape index (κ1) is 12.6. The largest absolute Gasteiger partial charge is 0.469 e. The Hall–Kier alpha value is -2.11. The third-order valence-corrected chi connectivity index (χ3v) is 4.92. The molecule has 1 aliphatic heterocycles. The summed E-state index contributed by atoms with van der Waals surface area (Å²) in [5.41, 5.74) is 0.957. The second-order valence-corrected chi connectivity index (χ2v) is 6.10. The Labute approximate surface area is 122 Å². The van der Waals surface area contributed by atoms with Gasteiger partial charge in [0.05, 0.1) is 18.4 Å². The molecule has 2 atom stereocenters. The molecule has 0 amide bonds. The molecule has 1 N–H and O–H groups in total. The number of hydrogen-bond acceptors (Lipinski definition) is 5. The van der Waals surface area contributed by atoms with E-state index in [1.54, 1.807) is 6.33 Å². The van der Waals surface area contributed by atoms with Crippen LogP contribution in [0.1, 0.15) is 19.3 Å². The minimum atomic E-state index is -0.0636. The summed E-state index contributed by atoms with van der Waals surface area (Å²) in [7, 11) is 1.47. The van der Waals surface area contributed by atoms with Crippen LogP contribution in [0.25, 0.3) is 11.0 Å². The zero-order chi connectivity index (χ0) is 14.4. The van der Waals surface area contributed by atoms with Crippen molar-refractivity contribution in [2.75, 3.05) is 25.1 Å². The minimum absolute atomic E-state index is 0.0636. The van der Waals surface area contributed by atoms with Crippen molar-refractivity contribution >= 4 is 22.8 Å². The molecule has 6 heteroatoms. The molecule has 0 radical (unpaired) electrons. The first-order valence-electron chi connectivity index (χ1n) is 7.34.